The van der Waals surface area contributed by atoms with Gasteiger partial charge < -0.3 is 0 Å². The number of hydrogen-bond donors (Lipinski definition) is 0. The molecule has 0 saturated carbocycles. The number of rotatable bonds is 11. The standard InChI is InChI=1S/C17H29/c1-3-5-7-9-11-13-15-17-16-14-12-10-8-6-4-2/h10,12,14-17H,1,3-9,11,13H2,2H3. The number of allylic oxidation sites excluding steroid dienone is 6. The summed E-state index contributed by atoms with van der Waals surface area (Å²) in [6.07, 6.45) is 24.4. The highest BCUT2D eigenvalue weighted by Crippen LogP contribution is 2.05. The lowest BCUT2D eigenvalue weighted by atomic mass is 10.1. The Morgan fingerprint density at radius 3 is 1.88 bits per heavy atom. The molecule has 0 aliphatic carbocycles. The van der Waals surface area contributed by atoms with Crippen molar-refractivity contribution in [1.29, 1.82) is 0 Å². The molecule has 0 spiro atoms. The molecule has 0 aliphatic rings. The molecule has 0 rings (SSSR count). The Balaban J connectivity index is 3.28. The van der Waals surface area contributed by atoms with Crippen molar-refractivity contribution in [2.24, 2.45) is 0 Å². The van der Waals surface area contributed by atoms with Gasteiger partial charge in [0.1, 0.15) is 0 Å². The van der Waals surface area contributed by atoms with Crippen LogP contribution in [0.4, 0.5) is 0 Å². The van der Waals surface area contributed by atoms with Gasteiger partial charge in [-0.25, -0.2) is 0 Å². The second-order valence-corrected chi connectivity index (χ2v) is 4.44. The normalized spacial score (nSPS) is 12.4. The third-order valence-electron chi connectivity index (χ3n) is 2.70. The Morgan fingerprint density at radius 2 is 1.29 bits per heavy atom. The van der Waals surface area contributed by atoms with Gasteiger partial charge in [-0.3, -0.25) is 0 Å². The quantitative estimate of drug-likeness (QED) is 0.302. The van der Waals surface area contributed by atoms with E-state index in [0.29, 0.717) is 0 Å². The molecule has 0 saturated heterocycles. The highest BCUT2D eigenvalue weighted by Gasteiger charge is 1.85. The first-order chi connectivity index (χ1) is 8.41. The molecule has 97 valence electrons. The minimum atomic E-state index is 1.09. The molecule has 0 nitrogen and oxygen atoms in total. The maximum Gasteiger partial charge on any atom is -0.0348 e. The summed E-state index contributed by atoms with van der Waals surface area (Å²) in [5.41, 5.74) is 0. The molecule has 0 aromatic heterocycles. The Hall–Kier alpha value is -0.780. The molecular weight excluding hydrogens is 204 g/mol. The molecule has 0 aliphatic heterocycles. The second-order valence-electron chi connectivity index (χ2n) is 4.44. The molecular formula is C17H29. The van der Waals surface area contributed by atoms with E-state index in [2.05, 4.69) is 50.3 Å². The fourth-order valence-electron chi connectivity index (χ4n) is 1.59. The van der Waals surface area contributed by atoms with Gasteiger partial charge in [0.15, 0.2) is 0 Å². The van der Waals surface area contributed by atoms with Gasteiger partial charge in [-0.15, -0.1) is 0 Å². The average Bonchev–Trinajstić information content (AvgIpc) is 2.35. The molecule has 0 aromatic rings. The Bertz CT molecular complexity index is 208. The Morgan fingerprint density at radius 1 is 0.706 bits per heavy atom. The van der Waals surface area contributed by atoms with Gasteiger partial charge in [0.05, 0.1) is 0 Å². The van der Waals surface area contributed by atoms with E-state index in [-0.39, 0.29) is 0 Å². The maximum absolute atomic E-state index is 3.85. The third-order valence-corrected chi connectivity index (χ3v) is 2.70. The van der Waals surface area contributed by atoms with Crippen LogP contribution in [0.25, 0.3) is 0 Å². The summed E-state index contributed by atoms with van der Waals surface area (Å²) in [6.45, 7) is 6.08. The van der Waals surface area contributed by atoms with E-state index in [4.69, 9.17) is 0 Å². The van der Waals surface area contributed by atoms with Gasteiger partial charge in [-0.2, -0.15) is 0 Å². The lowest BCUT2D eigenvalue weighted by Crippen LogP contribution is -1.75. The molecule has 0 fully saturated rings. The van der Waals surface area contributed by atoms with Gasteiger partial charge in [0.2, 0.25) is 0 Å². The van der Waals surface area contributed by atoms with E-state index in [1.807, 2.05) is 0 Å². The first kappa shape index (κ1) is 16.2. The molecule has 0 heteroatoms. The fourth-order valence-corrected chi connectivity index (χ4v) is 1.59. The van der Waals surface area contributed by atoms with E-state index >= 15 is 0 Å². The van der Waals surface area contributed by atoms with Gasteiger partial charge in [0.25, 0.3) is 0 Å². The Kier molecular flexibility index (Phi) is 14.5. The van der Waals surface area contributed by atoms with Crippen molar-refractivity contribution < 1.29 is 0 Å². The van der Waals surface area contributed by atoms with Crippen LogP contribution in [0, 0.1) is 6.92 Å². The lowest BCUT2D eigenvalue weighted by Gasteiger charge is -1.95. The van der Waals surface area contributed by atoms with Crippen LogP contribution in [0.15, 0.2) is 36.5 Å². The van der Waals surface area contributed by atoms with Crippen molar-refractivity contribution in [3.8, 4) is 0 Å². The van der Waals surface area contributed by atoms with E-state index < -0.39 is 0 Å². The van der Waals surface area contributed by atoms with Gasteiger partial charge in [-0.05, 0) is 19.3 Å². The van der Waals surface area contributed by atoms with Crippen molar-refractivity contribution in [1.82, 2.24) is 0 Å². The van der Waals surface area contributed by atoms with Crippen molar-refractivity contribution >= 4 is 0 Å². The van der Waals surface area contributed by atoms with Gasteiger partial charge in [0, 0.05) is 0 Å². The molecule has 0 aromatic carbocycles. The first-order valence-electron chi connectivity index (χ1n) is 7.19. The lowest BCUT2D eigenvalue weighted by molar-refractivity contribution is 0.651. The maximum atomic E-state index is 3.85. The zero-order valence-electron chi connectivity index (χ0n) is 11.5. The van der Waals surface area contributed by atoms with Crippen LogP contribution in [-0.2, 0) is 0 Å². The van der Waals surface area contributed by atoms with Crippen LogP contribution in [0.5, 0.6) is 0 Å². The predicted molar refractivity (Wildman–Crippen MR) is 80.0 cm³/mol. The van der Waals surface area contributed by atoms with E-state index in [1.165, 1.54) is 51.4 Å². The molecule has 0 amide bonds. The highest BCUT2D eigenvalue weighted by atomic mass is 13.9. The Labute approximate surface area is 109 Å². The van der Waals surface area contributed by atoms with Crippen LogP contribution in [0.3, 0.4) is 0 Å². The van der Waals surface area contributed by atoms with E-state index in [1.54, 1.807) is 0 Å². The van der Waals surface area contributed by atoms with Crippen molar-refractivity contribution in [2.45, 2.75) is 64.7 Å². The smallest absolute Gasteiger partial charge is 0.0348 e. The second kappa shape index (κ2) is 15.2. The zero-order valence-corrected chi connectivity index (χ0v) is 11.5. The summed E-state index contributed by atoms with van der Waals surface area (Å²) < 4.78 is 0. The summed E-state index contributed by atoms with van der Waals surface area (Å²) in [5, 5.41) is 0. The summed E-state index contributed by atoms with van der Waals surface area (Å²) in [6, 6.07) is 0. The fraction of sp³-hybridized carbons (Fsp3) is 0.588. The zero-order chi connectivity index (χ0) is 12.6. The molecule has 0 heterocycles. The van der Waals surface area contributed by atoms with Crippen LogP contribution < -0.4 is 0 Å². The molecule has 0 bridgehead atoms. The predicted octanol–water partition coefficient (Wildman–Crippen LogP) is 6.02. The SMILES string of the molecule is [CH2]CCCCCCC=CC=CC=CCCCC. The van der Waals surface area contributed by atoms with Crippen molar-refractivity contribution in [2.75, 3.05) is 0 Å². The number of unbranched alkanes of at least 4 members (excludes halogenated alkanes) is 7. The van der Waals surface area contributed by atoms with Crippen molar-refractivity contribution in [3.63, 3.8) is 0 Å². The monoisotopic (exact) mass is 233 g/mol. The first-order valence-corrected chi connectivity index (χ1v) is 7.19. The summed E-state index contributed by atoms with van der Waals surface area (Å²) in [4.78, 5) is 0. The minimum absolute atomic E-state index is 1.09. The minimum Gasteiger partial charge on any atom is -0.0845 e. The van der Waals surface area contributed by atoms with Crippen LogP contribution in [0.1, 0.15) is 64.7 Å². The topological polar surface area (TPSA) is 0 Å². The van der Waals surface area contributed by atoms with Gasteiger partial charge in [-0.1, -0.05) is 88.8 Å². The molecule has 1 radical (unpaired) electrons. The van der Waals surface area contributed by atoms with Crippen LogP contribution >= 0.6 is 0 Å². The number of hydrogen-bond acceptors (Lipinski definition) is 0. The van der Waals surface area contributed by atoms with E-state index in [9.17, 15) is 0 Å². The van der Waals surface area contributed by atoms with Crippen molar-refractivity contribution in [3.05, 3.63) is 43.4 Å². The van der Waals surface area contributed by atoms with E-state index in [0.717, 1.165) is 6.42 Å². The molecule has 0 N–H and O–H groups in total. The van der Waals surface area contributed by atoms with Gasteiger partial charge >= 0.3 is 0 Å². The van der Waals surface area contributed by atoms with Crippen LogP contribution in [0.2, 0.25) is 0 Å². The molecule has 0 atom stereocenters. The van der Waals surface area contributed by atoms with Crippen LogP contribution in [-0.4, -0.2) is 0 Å². The third kappa shape index (κ3) is 15.2. The molecule has 0 unspecified atom stereocenters. The highest BCUT2D eigenvalue weighted by molar-refractivity contribution is 5.10. The largest absolute Gasteiger partial charge is 0.0845 e. The summed E-state index contributed by atoms with van der Waals surface area (Å²) in [5.74, 6) is 0. The average molecular weight is 233 g/mol. The summed E-state index contributed by atoms with van der Waals surface area (Å²) in [7, 11) is 0. The summed E-state index contributed by atoms with van der Waals surface area (Å²) >= 11 is 0. The molecule has 17 heavy (non-hydrogen) atoms.